The van der Waals surface area contributed by atoms with Crippen LogP contribution >= 0.6 is 0 Å². The molecule has 0 radical (unpaired) electrons. The first-order valence-electron chi connectivity index (χ1n) is 9.52. The van der Waals surface area contributed by atoms with Crippen LogP contribution in [-0.4, -0.2) is 33.6 Å². The molecule has 150 valence electrons. The van der Waals surface area contributed by atoms with E-state index >= 15 is 0 Å². The number of alkyl halides is 1. The van der Waals surface area contributed by atoms with Crippen LogP contribution in [0.1, 0.15) is 36.5 Å². The Kier molecular flexibility index (Phi) is 4.92. The number of hydrogen-bond donors (Lipinski definition) is 3. The molecule has 8 heteroatoms. The first-order chi connectivity index (χ1) is 13.9. The summed E-state index contributed by atoms with van der Waals surface area (Å²) in [4.78, 5) is 23.1. The van der Waals surface area contributed by atoms with E-state index in [1.165, 1.54) is 13.1 Å². The molecule has 7 nitrogen and oxygen atoms in total. The highest BCUT2D eigenvalue weighted by atomic mass is 19.1. The van der Waals surface area contributed by atoms with Gasteiger partial charge in [-0.25, -0.2) is 8.91 Å². The number of nitrogens with zero attached hydrogens (tertiary/aromatic N) is 2. The van der Waals surface area contributed by atoms with Gasteiger partial charge in [-0.2, -0.15) is 5.10 Å². The van der Waals surface area contributed by atoms with E-state index in [9.17, 15) is 14.0 Å². The first-order valence-corrected chi connectivity index (χ1v) is 9.52. The lowest BCUT2D eigenvalue weighted by Gasteiger charge is -2.19. The molecule has 1 fully saturated rings. The van der Waals surface area contributed by atoms with Gasteiger partial charge in [-0.1, -0.05) is 12.1 Å². The zero-order valence-corrected chi connectivity index (χ0v) is 16.0. The first kappa shape index (κ1) is 18.9. The normalized spacial score (nSPS) is 18.7. The molecule has 1 saturated carbocycles. The van der Waals surface area contributed by atoms with Crippen LogP contribution in [0.5, 0.6) is 0 Å². The van der Waals surface area contributed by atoms with Gasteiger partial charge in [0, 0.05) is 24.4 Å². The fourth-order valence-corrected chi connectivity index (χ4v) is 3.77. The lowest BCUT2D eigenvalue weighted by molar-refractivity contribution is -0.114. The zero-order chi connectivity index (χ0) is 20.5. The van der Waals surface area contributed by atoms with Crippen LogP contribution in [0.3, 0.4) is 0 Å². The van der Waals surface area contributed by atoms with Gasteiger partial charge >= 0.3 is 0 Å². The van der Waals surface area contributed by atoms with Gasteiger partial charge in [-0.3, -0.25) is 9.59 Å². The number of carbonyl (C=O) groups is 2. The lowest BCUT2D eigenvalue weighted by atomic mass is 10.1. The summed E-state index contributed by atoms with van der Waals surface area (Å²) in [6.07, 6.45) is 4.30. The monoisotopic (exact) mass is 395 g/mol. The van der Waals surface area contributed by atoms with Gasteiger partial charge in [0.15, 0.2) is 0 Å². The van der Waals surface area contributed by atoms with Crippen molar-refractivity contribution in [3.05, 3.63) is 48.3 Å². The summed E-state index contributed by atoms with van der Waals surface area (Å²) >= 11 is 0. The van der Waals surface area contributed by atoms with Crippen molar-refractivity contribution in [2.75, 3.05) is 10.6 Å². The highest BCUT2D eigenvalue weighted by Gasteiger charge is 2.28. The van der Waals surface area contributed by atoms with Crippen molar-refractivity contribution in [3.8, 4) is 11.1 Å². The molecule has 2 heterocycles. The highest BCUT2D eigenvalue weighted by molar-refractivity contribution is 6.02. The van der Waals surface area contributed by atoms with Crippen molar-refractivity contribution >= 4 is 28.7 Å². The number of aromatic nitrogens is 2. The number of nitrogens with two attached hydrogens (primary N) is 1. The maximum absolute atomic E-state index is 14.2. The topological polar surface area (TPSA) is 102 Å². The Morgan fingerprint density at radius 2 is 1.97 bits per heavy atom. The zero-order valence-electron chi connectivity index (χ0n) is 16.0. The van der Waals surface area contributed by atoms with Crippen LogP contribution in [0.2, 0.25) is 0 Å². The Hall–Kier alpha value is -3.42. The molecule has 2 amide bonds. The van der Waals surface area contributed by atoms with Gasteiger partial charge in [0.05, 0.1) is 29.0 Å². The predicted octanol–water partition coefficient (Wildman–Crippen LogP) is 3.36. The number of rotatable bonds is 5. The van der Waals surface area contributed by atoms with Gasteiger partial charge < -0.3 is 16.4 Å². The maximum atomic E-state index is 14.2. The van der Waals surface area contributed by atoms with Crippen molar-refractivity contribution in [2.24, 2.45) is 5.73 Å². The van der Waals surface area contributed by atoms with Crippen LogP contribution in [0.15, 0.2) is 42.7 Å². The summed E-state index contributed by atoms with van der Waals surface area (Å²) in [5, 5.41) is 10.2. The number of halogens is 1. The molecular formula is C21H22FN5O2. The van der Waals surface area contributed by atoms with Crippen LogP contribution in [-0.2, 0) is 4.79 Å². The minimum absolute atomic E-state index is 0.135. The van der Waals surface area contributed by atoms with Crippen LogP contribution < -0.4 is 16.4 Å². The van der Waals surface area contributed by atoms with E-state index < -0.39 is 12.1 Å². The molecular weight excluding hydrogens is 373 g/mol. The van der Waals surface area contributed by atoms with E-state index in [2.05, 4.69) is 15.7 Å². The largest absolute Gasteiger partial charge is 0.377 e. The Morgan fingerprint density at radius 1 is 1.21 bits per heavy atom. The predicted molar refractivity (Wildman–Crippen MR) is 110 cm³/mol. The number of amides is 2. The maximum Gasteiger partial charge on any atom is 0.252 e. The third-order valence-electron chi connectivity index (χ3n) is 5.20. The van der Waals surface area contributed by atoms with Crippen LogP contribution in [0.4, 0.5) is 15.8 Å². The van der Waals surface area contributed by atoms with Gasteiger partial charge in [-0.15, -0.1) is 0 Å². The molecule has 0 spiro atoms. The molecule has 29 heavy (non-hydrogen) atoms. The van der Waals surface area contributed by atoms with E-state index in [0.717, 1.165) is 17.5 Å². The molecule has 0 aliphatic heterocycles. The Bertz CT molecular complexity index is 1080. The number of carbonyl (C=O) groups excluding carboxylic acids is 2. The fourth-order valence-electron chi connectivity index (χ4n) is 3.77. The summed E-state index contributed by atoms with van der Waals surface area (Å²) in [5.74, 6) is -0.748. The number of anilines is 2. The molecule has 0 bridgehead atoms. The minimum Gasteiger partial charge on any atom is -0.377 e. The van der Waals surface area contributed by atoms with Crippen LogP contribution in [0, 0.1) is 0 Å². The second-order valence-electron chi connectivity index (χ2n) is 7.31. The number of benzene rings is 1. The summed E-state index contributed by atoms with van der Waals surface area (Å²) in [6.45, 7) is 1.46. The summed E-state index contributed by atoms with van der Waals surface area (Å²) < 4.78 is 15.8. The molecule has 4 N–H and O–H groups in total. The number of nitrogens with one attached hydrogen (secondary N) is 2. The van der Waals surface area contributed by atoms with Gasteiger partial charge in [0.1, 0.15) is 6.17 Å². The molecule has 1 aliphatic rings. The second kappa shape index (κ2) is 7.54. The number of hydrogen-bond acceptors (Lipinski definition) is 4. The Morgan fingerprint density at radius 3 is 2.59 bits per heavy atom. The third kappa shape index (κ3) is 3.78. The van der Waals surface area contributed by atoms with Crippen molar-refractivity contribution in [1.29, 1.82) is 0 Å². The fraction of sp³-hybridized carbons (Fsp3) is 0.286. The number of primary amides is 1. The lowest BCUT2D eigenvalue weighted by Crippen LogP contribution is -2.27. The van der Waals surface area contributed by atoms with E-state index in [1.807, 2.05) is 36.5 Å². The quantitative estimate of drug-likeness (QED) is 0.616. The summed E-state index contributed by atoms with van der Waals surface area (Å²) in [7, 11) is 0. The molecule has 1 aliphatic carbocycles. The van der Waals surface area contributed by atoms with Crippen molar-refractivity contribution in [2.45, 2.75) is 38.4 Å². The Labute approximate surface area is 167 Å². The molecule has 1 aromatic carbocycles. The van der Waals surface area contributed by atoms with Crippen LogP contribution in [0.25, 0.3) is 16.6 Å². The molecule has 0 saturated heterocycles. The molecule has 4 rings (SSSR count). The average molecular weight is 395 g/mol. The van der Waals surface area contributed by atoms with E-state index in [-0.39, 0.29) is 17.5 Å². The molecule has 2 atom stereocenters. The Balaban J connectivity index is 1.73. The van der Waals surface area contributed by atoms with Gasteiger partial charge in [0.2, 0.25) is 5.91 Å². The van der Waals surface area contributed by atoms with Crippen molar-refractivity contribution < 1.29 is 14.0 Å². The van der Waals surface area contributed by atoms with E-state index in [1.54, 1.807) is 4.52 Å². The third-order valence-corrected chi connectivity index (χ3v) is 5.20. The number of fused-ring (bicyclic) bond motifs is 1. The average Bonchev–Trinajstić information content (AvgIpc) is 3.28. The SMILES string of the molecule is CC(=O)Nc1ccc(-c2cc3c(N[C@@H]4CCC[C@@H]4F)c(C(N)=O)cnn3c2)cc1. The summed E-state index contributed by atoms with van der Waals surface area (Å²) in [5.41, 5.74) is 9.42. The minimum atomic E-state index is -0.959. The smallest absolute Gasteiger partial charge is 0.252 e. The highest BCUT2D eigenvalue weighted by Crippen LogP contribution is 2.32. The molecule has 3 aromatic rings. The standard InChI is InChI=1S/C21H22FN5O2/c1-12(28)25-15-7-5-13(6-8-15)14-9-19-20(26-18-4-2-3-17(18)22)16(21(23)29)10-24-27(19)11-14/h5-11,17-18,26H,2-4H2,1H3,(H2,23,29)(H,25,28)/t17-,18+/m0/s1. The van der Waals surface area contributed by atoms with Crippen molar-refractivity contribution in [3.63, 3.8) is 0 Å². The van der Waals surface area contributed by atoms with Gasteiger partial charge in [0.25, 0.3) is 5.91 Å². The van der Waals surface area contributed by atoms with Crippen molar-refractivity contribution in [1.82, 2.24) is 9.61 Å². The van der Waals surface area contributed by atoms with Gasteiger partial charge in [-0.05, 0) is 43.0 Å². The van der Waals surface area contributed by atoms with E-state index in [0.29, 0.717) is 29.7 Å². The molecule has 2 aromatic heterocycles. The summed E-state index contributed by atoms with van der Waals surface area (Å²) in [6, 6.07) is 8.93. The second-order valence-corrected chi connectivity index (χ2v) is 7.31. The molecule has 0 unspecified atom stereocenters. The van der Waals surface area contributed by atoms with E-state index in [4.69, 9.17) is 5.73 Å².